The van der Waals surface area contributed by atoms with Crippen LogP contribution in [0.5, 0.6) is 0 Å². The number of rotatable bonds is 7. The lowest BCUT2D eigenvalue weighted by atomic mass is 10.1. The van der Waals surface area contributed by atoms with E-state index >= 15 is 0 Å². The lowest BCUT2D eigenvalue weighted by Crippen LogP contribution is -2.43. The van der Waals surface area contributed by atoms with E-state index in [9.17, 15) is 8.42 Å². The number of aromatic nitrogens is 2. The third-order valence-corrected chi connectivity index (χ3v) is 4.85. The molecule has 18 heavy (non-hydrogen) atoms. The van der Waals surface area contributed by atoms with Gasteiger partial charge in [0.05, 0.1) is 11.4 Å². The normalized spacial score (nSPS) is 15.6. The van der Waals surface area contributed by atoms with Crippen LogP contribution in [0.3, 0.4) is 0 Å². The molecule has 1 aromatic rings. The maximum Gasteiger partial charge on any atom is 0.151 e. The zero-order valence-corrected chi connectivity index (χ0v) is 12.4. The van der Waals surface area contributed by atoms with Crippen molar-refractivity contribution in [3.8, 4) is 0 Å². The van der Waals surface area contributed by atoms with Gasteiger partial charge >= 0.3 is 0 Å². The van der Waals surface area contributed by atoms with Gasteiger partial charge in [-0.3, -0.25) is 4.68 Å². The summed E-state index contributed by atoms with van der Waals surface area (Å²) in [4.78, 5) is 0. The highest BCUT2D eigenvalue weighted by Crippen LogP contribution is 2.11. The minimum atomic E-state index is -3.03. The third kappa shape index (κ3) is 4.10. The first-order valence-corrected chi connectivity index (χ1v) is 8.27. The Kier molecular flexibility index (Phi) is 5.34. The maximum atomic E-state index is 11.6. The number of likely N-dealkylation sites (N-methyl/N-ethyl adjacent to an activating group) is 1. The van der Waals surface area contributed by atoms with Crippen molar-refractivity contribution in [3.63, 3.8) is 0 Å². The predicted octanol–water partition coefficient (Wildman–Crippen LogP) is 0.857. The molecule has 1 N–H and O–H groups in total. The molecule has 1 aromatic heterocycles. The molecule has 2 unspecified atom stereocenters. The van der Waals surface area contributed by atoms with Gasteiger partial charge in [-0.25, -0.2) is 8.42 Å². The van der Waals surface area contributed by atoms with Crippen molar-refractivity contribution < 1.29 is 8.42 Å². The van der Waals surface area contributed by atoms with Gasteiger partial charge in [0.15, 0.2) is 9.84 Å². The fraction of sp³-hybridized carbons (Fsp3) is 0.750. The molecule has 0 saturated heterocycles. The van der Waals surface area contributed by atoms with Gasteiger partial charge in [0.25, 0.3) is 0 Å². The molecule has 0 aliphatic carbocycles. The number of nitrogens with one attached hydrogen (secondary N) is 1. The van der Waals surface area contributed by atoms with E-state index in [-0.39, 0.29) is 6.04 Å². The lowest BCUT2D eigenvalue weighted by molar-refractivity contribution is 0.493. The summed E-state index contributed by atoms with van der Waals surface area (Å²) in [6.07, 6.45) is 5.75. The van der Waals surface area contributed by atoms with E-state index in [0.29, 0.717) is 6.42 Å². The summed E-state index contributed by atoms with van der Waals surface area (Å²) in [6, 6.07) is -0.0699. The average molecular weight is 273 g/mol. The Morgan fingerprint density at radius 1 is 1.44 bits per heavy atom. The summed E-state index contributed by atoms with van der Waals surface area (Å²) in [6.45, 7) is 7.35. The van der Waals surface area contributed by atoms with E-state index in [0.717, 1.165) is 18.7 Å². The van der Waals surface area contributed by atoms with Crippen LogP contribution >= 0.6 is 0 Å². The van der Waals surface area contributed by atoms with Crippen LogP contribution in [0, 0.1) is 0 Å². The van der Waals surface area contributed by atoms with E-state index in [4.69, 9.17) is 0 Å². The van der Waals surface area contributed by atoms with Gasteiger partial charge in [-0.2, -0.15) is 5.10 Å². The molecule has 1 rings (SSSR count). The van der Waals surface area contributed by atoms with Crippen LogP contribution in [0.2, 0.25) is 0 Å². The van der Waals surface area contributed by atoms with Crippen LogP contribution < -0.4 is 5.32 Å². The number of aryl methyl sites for hydroxylation is 1. The van der Waals surface area contributed by atoms with E-state index in [1.54, 1.807) is 6.92 Å². The Morgan fingerprint density at radius 2 is 2.11 bits per heavy atom. The first-order chi connectivity index (χ1) is 8.38. The summed E-state index contributed by atoms with van der Waals surface area (Å²) in [5.41, 5.74) is 1.07. The first kappa shape index (κ1) is 15.2. The van der Waals surface area contributed by atoms with Crippen LogP contribution in [-0.2, 0) is 22.8 Å². The quantitative estimate of drug-likeness (QED) is 0.800. The molecule has 0 bridgehead atoms. The van der Waals surface area contributed by atoms with Gasteiger partial charge in [-0.15, -0.1) is 0 Å². The van der Waals surface area contributed by atoms with Crippen molar-refractivity contribution in [3.05, 3.63) is 18.0 Å². The van der Waals surface area contributed by atoms with E-state index in [2.05, 4.69) is 10.4 Å². The molecule has 0 aliphatic heterocycles. The largest absolute Gasteiger partial charge is 0.313 e. The molecule has 0 radical (unpaired) electrons. The highest BCUT2D eigenvalue weighted by atomic mass is 32.2. The molecule has 104 valence electrons. The summed E-state index contributed by atoms with van der Waals surface area (Å²) in [5.74, 6) is 0. The third-order valence-electron chi connectivity index (χ3n) is 3.17. The summed E-state index contributed by atoms with van der Waals surface area (Å²) in [5, 5.41) is 7.06. The fourth-order valence-electron chi connectivity index (χ4n) is 1.90. The molecule has 0 amide bonds. The Balaban J connectivity index is 2.80. The molecule has 0 aromatic carbocycles. The minimum Gasteiger partial charge on any atom is -0.313 e. The lowest BCUT2D eigenvalue weighted by Gasteiger charge is -2.22. The zero-order valence-electron chi connectivity index (χ0n) is 11.5. The molecule has 2 atom stereocenters. The Bertz CT molecular complexity index is 467. The monoisotopic (exact) mass is 273 g/mol. The van der Waals surface area contributed by atoms with Gasteiger partial charge in [-0.05, 0) is 32.4 Å². The molecule has 0 spiro atoms. The predicted molar refractivity (Wildman–Crippen MR) is 73.4 cm³/mol. The average Bonchev–Trinajstić information content (AvgIpc) is 2.74. The van der Waals surface area contributed by atoms with Gasteiger partial charge in [-0.1, -0.05) is 6.92 Å². The van der Waals surface area contributed by atoms with Crippen LogP contribution in [-0.4, -0.2) is 42.3 Å². The van der Waals surface area contributed by atoms with Gasteiger partial charge < -0.3 is 5.32 Å². The minimum absolute atomic E-state index is 0.0699. The molecular weight excluding hydrogens is 250 g/mol. The SMILES string of the molecule is CCNC(Cc1cnn(CC)c1)C(C)S(C)(=O)=O. The van der Waals surface area contributed by atoms with Crippen molar-refractivity contribution in [2.24, 2.45) is 0 Å². The van der Waals surface area contributed by atoms with E-state index in [1.165, 1.54) is 6.26 Å². The standard InChI is InChI=1S/C12H23N3O2S/c1-5-13-12(10(3)18(4,16)17)7-11-8-14-15(6-2)9-11/h8-10,12-13H,5-7H2,1-4H3. The number of sulfone groups is 1. The molecule has 1 heterocycles. The molecule has 0 aliphatic rings. The number of nitrogens with zero attached hydrogens (tertiary/aromatic N) is 2. The second-order valence-electron chi connectivity index (χ2n) is 4.61. The van der Waals surface area contributed by atoms with Gasteiger partial charge in [0.1, 0.15) is 0 Å². The maximum absolute atomic E-state index is 11.6. The number of hydrogen-bond donors (Lipinski definition) is 1. The Morgan fingerprint density at radius 3 is 2.56 bits per heavy atom. The van der Waals surface area contributed by atoms with Gasteiger partial charge in [0, 0.05) is 25.0 Å². The molecule has 0 saturated carbocycles. The first-order valence-electron chi connectivity index (χ1n) is 6.32. The number of hydrogen-bond acceptors (Lipinski definition) is 4. The van der Waals surface area contributed by atoms with Crippen molar-refractivity contribution in [2.45, 2.75) is 45.0 Å². The van der Waals surface area contributed by atoms with E-state index in [1.807, 2.05) is 30.9 Å². The van der Waals surface area contributed by atoms with Crippen molar-refractivity contribution >= 4 is 9.84 Å². The zero-order chi connectivity index (χ0) is 13.8. The summed E-state index contributed by atoms with van der Waals surface area (Å²) < 4.78 is 25.1. The molecular formula is C12H23N3O2S. The van der Waals surface area contributed by atoms with Crippen LogP contribution in [0.25, 0.3) is 0 Å². The Labute approximate surface area is 109 Å². The fourth-order valence-corrected chi connectivity index (χ4v) is 2.69. The van der Waals surface area contributed by atoms with Crippen LogP contribution in [0.15, 0.2) is 12.4 Å². The summed E-state index contributed by atoms with van der Waals surface area (Å²) in [7, 11) is -3.03. The summed E-state index contributed by atoms with van der Waals surface area (Å²) >= 11 is 0. The van der Waals surface area contributed by atoms with Crippen molar-refractivity contribution in [2.75, 3.05) is 12.8 Å². The van der Waals surface area contributed by atoms with Crippen LogP contribution in [0.1, 0.15) is 26.3 Å². The second-order valence-corrected chi connectivity index (χ2v) is 7.01. The molecule has 0 fully saturated rings. The van der Waals surface area contributed by atoms with Crippen molar-refractivity contribution in [1.82, 2.24) is 15.1 Å². The van der Waals surface area contributed by atoms with Crippen molar-refractivity contribution in [1.29, 1.82) is 0 Å². The molecule has 5 nitrogen and oxygen atoms in total. The second kappa shape index (κ2) is 6.33. The van der Waals surface area contributed by atoms with Crippen LogP contribution in [0.4, 0.5) is 0 Å². The highest BCUT2D eigenvalue weighted by molar-refractivity contribution is 7.91. The smallest absolute Gasteiger partial charge is 0.151 e. The Hall–Kier alpha value is -0.880. The van der Waals surface area contributed by atoms with E-state index < -0.39 is 15.1 Å². The molecule has 6 heteroatoms. The highest BCUT2D eigenvalue weighted by Gasteiger charge is 2.25. The van der Waals surface area contributed by atoms with Gasteiger partial charge in [0.2, 0.25) is 0 Å². The topological polar surface area (TPSA) is 64.0 Å².